The van der Waals surface area contributed by atoms with E-state index in [2.05, 4.69) is 19.9 Å². The van der Waals surface area contributed by atoms with Crippen LogP contribution in [0.5, 0.6) is 5.75 Å². The van der Waals surface area contributed by atoms with Crippen LogP contribution in [0.15, 0.2) is 6.07 Å². The summed E-state index contributed by atoms with van der Waals surface area (Å²) >= 11 is 0. The Morgan fingerprint density at radius 2 is 0.966 bits per heavy atom. The van der Waals surface area contributed by atoms with Gasteiger partial charge in [0.2, 0.25) is 0 Å². The SMILES string of the molecule is Cc1cc(O)c(C23CC4CC(CC(C4)C2)C3)c(C23CC4CC(CC(C4)C2)C3)c1C. The lowest BCUT2D eigenvalue weighted by atomic mass is 9.43. The number of aromatic hydroxyl groups is 1. The third-order valence-electron chi connectivity index (χ3n) is 11.0. The number of aryl methyl sites for hydroxylation is 1. The second-order valence-corrected chi connectivity index (χ2v) is 13.0. The van der Waals surface area contributed by atoms with Crippen molar-refractivity contribution in [1.29, 1.82) is 0 Å². The maximum absolute atomic E-state index is 11.6. The van der Waals surface area contributed by atoms with E-state index in [0.29, 0.717) is 16.6 Å². The van der Waals surface area contributed by atoms with Crippen LogP contribution in [0.25, 0.3) is 0 Å². The van der Waals surface area contributed by atoms with Gasteiger partial charge < -0.3 is 5.11 Å². The molecule has 1 N–H and O–H groups in total. The van der Waals surface area contributed by atoms with E-state index in [0.717, 1.165) is 35.5 Å². The molecule has 1 aromatic rings. The molecular formula is C28H38O. The predicted molar refractivity (Wildman–Crippen MR) is 117 cm³/mol. The minimum Gasteiger partial charge on any atom is -0.508 e. The Morgan fingerprint density at radius 1 is 0.621 bits per heavy atom. The van der Waals surface area contributed by atoms with E-state index in [-0.39, 0.29) is 0 Å². The molecule has 8 aliphatic rings. The van der Waals surface area contributed by atoms with Crippen LogP contribution in [-0.2, 0) is 10.8 Å². The van der Waals surface area contributed by atoms with E-state index in [9.17, 15) is 5.11 Å². The molecule has 0 heterocycles. The van der Waals surface area contributed by atoms with Crippen LogP contribution in [0.1, 0.15) is 99.3 Å². The third kappa shape index (κ3) is 2.34. The molecule has 8 aliphatic carbocycles. The Balaban J connectivity index is 1.44. The van der Waals surface area contributed by atoms with Gasteiger partial charge >= 0.3 is 0 Å². The van der Waals surface area contributed by atoms with Crippen LogP contribution in [0, 0.1) is 49.4 Å². The second-order valence-electron chi connectivity index (χ2n) is 13.0. The van der Waals surface area contributed by atoms with Gasteiger partial charge in [0, 0.05) is 11.0 Å². The van der Waals surface area contributed by atoms with Crippen molar-refractivity contribution in [3.8, 4) is 5.75 Å². The number of phenolic OH excluding ortho intramolecular Hbond substituents is 1. The van der Waals surface area contributed by atoms with Crippen molar-refractivity contribution in [2.75, 3.05) is 0 Å². The highest BCUT2D eigenvalue weighted by Gasteiger charge is 2.57. The van der Waals surface area contributed by atoms with Crippen molar-refractivity contribution < 1.29 is 5.11 Å². The van der Waals surface area contributed by atoms with E-state index in [4.69, 9.17) is 0 Å². The molecule has 0 atom stereocenters. The second kappa shape index (κ2) is 5.63. The quantitative estimate of drug-likeness (QED) is 0.579. The van der Waals surface area contributed by atoms with E-state index in [1.165, 1.54) is 88.2 Å². The highest BCUT2D eigenvalue weighted by atomic mass is 16.3. The summed E-state index contributed by atoms with van der Waals surface area (Å²) in [4.78, 5) is 0. The van der Waals surface area contributed by atoms with E-state index < -0.39 is 0 Å². The summed E-state index contributed by atoms with van der Waals surface area (Å²) < 4.78 is 0. The highest BCUT2D eigenvalue weighted by molar-refractivity contribution is 5.56. The Kier molecular flexibility index (Phi) is 3.43. The molecule has 29 heavy (non-hydrogen) atoms. The van der Waals surface area contributed by atoms with Crippen molar-refractivity contribution in [2.24, 2.45) is 35.5 Å². The Labute approximate surface area is 176 Å². The van der Waals surface area contributed by atoms with Crippen LogP contribution in [0.4, 0.5) is 0 Å². The van der Waals surface area contributed by atoms with Crippen LogP contribution in [-0.4, -0.2) is 5.11 Å². The summed E-state index contributed by atoms with van der Waals surface area (Å²) in [5.74, 6) is 6.39. The van der Waals surface area contributed by atoms with Crippen LogP contribution in [0.3, 0.4) is 0 Å². The lowest BCUT2D eigenvalue weighted by Crippen LogP contribution is -2.52. The number of hydrogen-bond donors (Lipinski definition) is 1. The third-order valence-corrected chi connectivity index (χ3v) is 11.0. The first-order chi connectivity index (χ1) is 13.9. The van der Waals surface area contributed by atoms with Gasteiger partial charge in [0.05, 0.1) is 0 Å². The average Bonchev–Trinajstić information content (AvgIpc) is 2.62. The van der Waals surface area contributed by atoms with Gasteiger partial charge in [-0.3, -0.25) is 0 Å². The van der Waals surface area contributed by atoms with Gasteiger partial charge in [0.15, 0.2) is 0 Å². The zero-order chi connectivity index (χ0) is 19.5. The first-order valence-electron chi connectivity index (χ1n) is 12.8. The standard InChI is InChI=1S/C28H38O/c1-16-3-24(29)26(28-13-21-7-22(14-28)9-23(8-21)15-28)25(17(16)2)27-10-18-4-19(11-27)6-20(5-18)12-27/h3,18-23,29H,4-15H2,1-2H3. The lowest BCUT2D eigenvalue weighted by molar-refractivity contribution is -0.0185. The van der Waals surface area contributed by atoms with Crippen LogP contribution >= 0.6 is 0 Å². The molecule has 9 rings (SSSR count). The first-order valence-corrected chi connectivity index (χ1v) is 12.8. The number of phenols is 1. The minimum absolute atomic E-state index is 0.302. The Morgan fingerprint density at radius 3 is 1.34 bits per heavy atom. The highest BCUT2D eigenvalue weighted by Crippen LogP contribution is 2.67. The van der Waals surface area contributed by atoms with Crippen molar-refractivity contribution in [1.82, 2.24) is 0 Å². The van der Waals surface area contributed by atoms with Gasteiger partial charge in [0.1, 0.15) is 5.75 Å². The van der Waals surface area contributed by atoms with Crippen molar-refractivity contribution in [3.63, 3.8) is 0 Å². The van der Waals surface area contributed by atoms with Gasteiger partial charge in [0.25, 0.3) is 0 Å². The first kappa shape index (κ1) is 17.7. The molecule has 0 aromatic heterocycles. The van der Waals surface area contributed by atoms with Crippen LogP contribution < -0.4 is 0 Å². The van der Waals surface area contributed by atoms with E-state index >= 15 is 0 Å². The zero-order valence-corrected chi connectivity index (χ0v) is 18.5. The van der Waals surface area contributed by atoms with Crippen molar-refractivity contribution in [3.05, 3.63) is 28.3 Å². The van der Waals surface area contributed by atoms with Gasteiger partial charge in [-0.2, -0.15) is 0 Å². The molecule has 8 fully saturated rings. The molecular weight excluding hydrogens is 352 g/mol. The molecule has 0 amide bonds. The van der Waals surface area contributed by atoms with Crippen molar-refractivity contribution >= 4 is 0 Å². The Hall–Kier alpha value is -0.980. The largest absolute Gasteiger partial charge is 0.508 e. The normalized spacial score (nSPS) is 49.2. The summed E-state index contributed by atoms with van der Waals surface area (Å²) in [5, 5.41) is 11.6. The molecule has 0 unspecified atom stereocenters. The number of rotatable bonds is 2. The molecule has 0 spiro atoms. The zero-order valence-electron chi connectivity index (χ0n) is 18.5. The molecule has 156 valence electrons. The minimum atomic E-state index is 0.302. The summed E-state index contributed by atoms with van der Waals surface area (Å²) in [6.45, 7) is 4.66. The fraction of sp³-hybridized carbons (Fsp3) is 0.786. The van der Waals surface area contributed by atoms with Gasteiger partial charge in [-0.15, -0.1) is 0 Å². The smallest absolute Gasteiger partial charge is 0.119 e. The van der Waals surface area contributed by atoms with Gasteiger partial charge in [-0.1, -0.05) is 0 Å². The fourth-order valence-corrected chi connectivity index (χ4v) is 10.9. The molecule has 8 bridgehead atoms. The van der Waals surface area contributed by atoms with Crippen molar-refractivity contribution in [2.45, 2.75) is 102 Å². The summed E-state index contributed by atoms with van der Waals surface area (Å²) in [6, 6.07) is 2.15. The average molecular weight is 391 g/mol. The monoisotopic (exact) mass is 390 g/mol. The lowest BCUT2D eigenvalue weighted by Gasteiger charge is -2.61. The predicted octanol–water partition coefficient (Wildman–Crippen LogP) is 6.94. The fourth-order valence-electron chi connectivity index (χ4n) is 10.9. The molecule has 1 heteroatoms. The Bertz CT molecular complexity index is 806. The summed E-state index contributed by atoms with van der Waals surface area (Å²) in [5.41, 5.74) is 6.76. The van der Waals surface area contributed by atoms with E-state index in [1.54, 1.807) is 11.1 Å². The number of hydrogen-bond acceptors (Lipinski definition) is 1. The summed E-state index contributed by atoms with van der Waals surface area (Å²) in [7, 11) is 0. The molecule has 0 aliphatic heterocycles. The van der Waals surface area contributed by atoms with Gasteiger partial charge in [-0.05, 0) is 155 Å². The maximum Gasteiger partial charge on any atom is 0.119 e. The molecule has 0 radical (unpaired) electrons. The molecule has 8 saturated carbocycles. The maximum atomic E-state index is 11.6. The molecule has 1 aromatic carbocycles. The van der Waals surface area contributed by atoms with Gasteiger partial charge in [-0.25, -0.2) is 0 Å². The molecule has 1 nitrogen and oxygen atoms in total. The summed E-state index contributed by atoms with van der Waals surface area (Å²) in [6.07, 6.45) is 17.3. The topological polar surface area (TPSA) is 20.2 Å². The molecule has 0 saturated heterocycles. The van der Waals surface area contributed by atoms with E-state index in [1.807, 2.05) is 0 Å². The number of benzene rings is 1. The van der Waals surface area contributed by atoms with Crippen LogP contribution in [0.2, 0.25) is 0 Å².